The van der Waals surface area contributed by atoms with Crippen molar-refractivity contribution in [1.82, 2.24) is 19.6 Å². The van der Waals surface area contributed by atoms with Gasteiger partial charge in [-0.1, -0.05) is 41.4 Å². The number of aromatic nitrogens is 4. The average Bonchev–Trinajstić information content (AvgIpc) is 3.12. The fourth-order valence-corrected chi connectivity index (χ4v) is 3.63. The summed E-state index contributed by atoms with van der Waals surface area (Å²) in [6, 6.07) is 13.5. The van der Waals surface area contributed by atoms with Gasteiger partial charge in [0.1, 0.15) is 0 Å². The summed E-state index contributed by atoms with van der Waals surface area (Å²) in [6.45, 7) is 7.79. The molecular weight excluding hydrogens is 398 g/mol. The number of amides is 1. The average molecular weight is 420 g/mol. The van der Waals surface area contributed by atoms with E-state index in [0.717, 1.165) is 33.6 Å². The van der Waals surface area contributed by atoms with Gasteiger partial charge in [0, 0.05) is 33.2 Å². The summed E-state index contributed by atoms with van der Waals surface area (Å²) in [5.74, 6) is 1.01. The predicted octanol–water partition coefficient (Wildman–Crippen LogP) is 4.86. The van der Waals surface area contributed by atoms with Crippen molar-refractivity contribution in [3.8, 4) is 11.4 Å². The van der Waals surface area contributed by atoms with Gasteiger partial charge in [0.15, 0.2) is 5.82 Å². The summed E-state index contributed by atoms with van der Waals surface area (Å²) >= 11 is 6.06. The predicted molar refractivity (Wildman–Crippen MR) is 119 cm³/mol. The van der Waals surface area contributed by atoms with Crippen molar-refractivity contribution in [2.75, 3.05) is 5.32 Å². The quantitative estimate of drug-likeness (QED) is 0.512. The van der Waals surface area contributed by atoms with Gasteiger partial charge in [0.05, 0.1) is 6.42 Å². The molecule has 0 aliphatic heterocycles. The van der Waals surface area contributed by atoms with Crippen LogP contribution in [0.1, 0.15) is 28.1 Å². The first-order valence-electron chi connectivity index (χ1n) is 9.67. The van der Waals surface area contributed by atoms with E-state index in [0.29, 0.717) is 22.3 Å². The first-order valence-corrected chi connectivity index (χ1v) is 10.1. The van der Waals surface area contributed by atoms with Crippen LogP contribution >= 0.6 is 11.6 Å². The molecule has 0 fully saturated rings. The van der Waals surface area contributed by atoms with Crippen LogP contribution in [-0.2, 0) is 11.2 Å². The Morgan fingerprint density at radius 1 is 1.07 bits per heavy atom. The molecule has 4 aromatic rings. The summed E-state index contributed by atoms with van der Waals surface area (Å²) in [7, 11) is 0. The molecule has 0 saturated heterocycles. The largest absolute Gasteiger partial charge is 0.326 e. The zero-order chi connectivity index (χ0) is 21.4. The first-order chi connectivity index (χ1) is 14.3. The molecule has 4 rings (SSSR count). The minimum atomic E-state index is -0.133. The van der Waals surface area contributed by atoms with Crippen molar-refractivity contribution in [3.05, 3.63) is 75.6 Å². The molecule has 0 aliphatic rings. The molecule has 6 nitrogen and oxygen atoms in total. The number of anilines is 1. The van der Waals surface area contributed by atoms with Crippen LogP contribution in [0, 0.1) is 27.7 Å². The molecule has 0 atom stereocenters. The van der Waals surface area contributed by atoms with E-state index in [1.165, 1.54) is 0 Å². The van der Waals surface area contributed by atoms with Crippen LogP contribution in [0.4, 0.5) is 5.69 Å². The van der Waals surface area contributed by atoms with Gasteiger partial charge in [-0.05, 0) is 51.5 Å². The molecule has 152 valence electrons. The molecule has 0 spiro atoms. The summed E-state index contributed by atoms with van der Waals surface area (Å²) in [5.41, 5.74) is 6.19. The third kappa shape index (κ3) is 3.91. The van der Waals surface area contributed by atoms with Crippen LogP contribution in [0.5, 0.6) is 0 Å². The molecule has 7 heteroatoms. The maximum absolute atomic E-state index is 12.7. The third-order valence-corrected chi connectivity index (χ3v) is 5.37. The molecule has 0 bridgehead atoms. The molecule has 0 unspecified atom stereocenters. The zero-order valence-electron chi connectivity index (χ0n) is 17.3. The molecule has 30 heavy (non-hydrogen) atoms. The topological polar surface area (TPSA) is 72.2 Å². The summed E-state index contributed by atoms with van der Waals surface area (Å²) in [4.78, 5) is 21.9. The Kier molecular flexibility index (Phi) is 5.26. The van der Waals surface area contributed by atoms with Gasteiger partial charge < -0.3 is 5.32 Å². The highest BCUT2D eigenvalue weighted by Crippen LogP contribution is 2.22. The van der Waals surface area contributed by atoms with E-state index in [1.54, 1.807) is 16.6 Å². The molecule has 0 aliphatic carbocycles. The van der Waals surface area contributed by atoms with Crippen molar-refractivity contribution < 1.29 is 4.79 Å². The van der Waals surface area contributed by atoms with Crippen molar-refractivity contribution in [2.45, 2.75) is 34.1 Å². The van der Waals surface area contributed by atoms with E-state index >= 15 is 0 Å². The van der Waals surface area contributed by atoms with Crippen LogP contribution in [0.2, 0.25) is 5.02 Å². The fourth-order valence-electron chi connectivity index (χ4n) is 3.45. The summed E-state index contributed by atoms with van der Waals surface area (Å²) in [5, 5.41) is 8.16. The van der Waals surface area contributed by atoms with Gasteiger partial charge in [-0.2, -0.15) is 4.98 Å². The number of aryl methyl sites for hydroxylation is 4. The molecule has 2 heterocycles. The fraction of sp³-hybridized carbons (Fsp3) is 0.217. The third-order valence-electron chi connectivity index (χ3n) is 5.14. The first kappa shape index (κ1) is 20.0. The molecule has 1 N–H and O–H groups in total. The van der Waals surface area contributed by atoms with Gasteiger partial charge in [-0.15, -0.1) is 5.10 Å². The van der Waals surface area contributed by atoms with Crippen LogP contribution < -0.4 is 5.32 Å². The second kappa shape index (κ2) is 7.88. The number of rotatable bonds is 4. The second-order valence-corrected chi connectivity index (χ2v) is 7.90. The lowest BCUT2D eigenvalue weighted by Gasteiger charge is -2.12. The Hall–Kier alpha value is -3.25. The van der Waals surface area contributed by atoms with Crippen molar-refractivity contribution in [3.63, 3.8) is 0 Å². The Balaban J connectivity index is 1.66. The van der Waals surface area contributed by atoms with Crippen molar-refractivity contribution >= 4 is 29.0 Å². The lowest BCUT2D eigenvalue weighted by molar-refractivity contribution is -0.115. The molecule has 1 amide bonds. The normalized spacial score (nSPS) is 11.1. The van der Waals surface area contributed by atoms with Gasteiger partial charge in [0.25, 0.3) is 5.78 Å². The summed E-state index contributed by atoms with van der Waals surface area (Å²) < 4.78 is 1.71. The summed E-state index contributed by atoms with van der Waals surface area (Å²) in [6.07, 6.45) is 0.187. The van der Waals surface area contributed by atoms with E-state index in [9.17, 15) is 4.79 Å². The highest BCUT2D eigenvalue weighted by atomic mass is 35.5. The monoisotopic (exact) mass is 419 g/mol. The maximum atomic E-state index is 12.7. The Bertz CT molecular complexity index is 1280. The molecule has 2 aromatic carbocycles. The number of nitrogens with one attached hydrogen (secondary N) is 1. The van der Waals surface area contributed by atoms with E-state index in [-0.39, 0.29) is 12.3 Å². The number of halogens is 1. The SMILES string of the molecule is Cc1cccc(-c2nc3nc(C)c(CC(=O)Nc4cc(Cl)ccc4C)c(C)n3n2)c1. The van der Waals surface area contributed by atoms with Crippen LogP contribution in [0.25, 0.3) is 17.2 Å². The van der Waals surface area contributed by atoms with E-state index in [2.05, 4.69) is 20.4 Å². The number of hydrogen-bond donors (Lipinski definition) is 1. The second-order valence-electron chi connectivity index (χ2n) is 7.46. The van der Waals surface area contributed by atoms with Gasteiger partial charge in [-0.3, -0.25) is 4.79 Å². The molecule has 0 saturated carbocycles. The lowest BCUT2D eigenvalue weighted by Crippen LogP contribution is -2.18. The number of benzene rings is 2. The number of fused-ring (bicyclic) bond motifs is 1. The van der Waals surface area contributed by atoms with Crippen molar-refractivity contribution in [1.29, 1.82) is 0 Å². The minimum Gasteiger partial charge on any atom is -0.326 e. The van der Waals surface area contributed by atoms with E-state index in [1.807, 2.05) is 58.0 Å². The van der Waals surface area contributed by atoms with Crippen molar-refractivity contribution in [2.24, 2.45) is 0 Å². The Labute approximate surface area is 179 Å². The van der Waals surface area contributed by atoms with E-state index < -0.39 is 0 Å². The standard InChI is InChI=1S/C23H22ClN5O/c1-13-6-5-7-17(10-13)22-27-23-25-15(3)19(16(4)29(23)28-22)12-21(30)26-20-11-18(24)9-8-14(20)2/h5-11H,12H2,1-4H3,(H,26,30). The smallest absolute Gasteiger partial charge is 0.253 e. The number of nitrogens with zero attached hydrogens (tertiary/aromatic N) is 4. The minimum absolute atomic E-state index is 0.133. The number of carbonyl (C=O) groups excluding carboxylic acids is 1. The molecular formula is C23H22ClN5O. The molecule has 0 radical (unpaired) electrons. The van der Waals surface area contributed by atoms with Crippen LogP contribution in [0.15, 0.2) is 42.5 Å². The molecule has 2 aromatic heterocycles. The lowest BCUT2D eigenvalue weighted by atomic mass is 10.1. The number of hydrogen-bond acceptors (Lipinski definition) is 4. The van der Waals surface area contributed by atoms with Crippen LogP contribution in [0.3, 0.4) is 0 Å². The van der Waals surface area contributed by atoms with Gasteiger partial charge >= 0.3 is 0 Å². The highest BCUT2D eigenvalue weighted by molar-refractivity contribution is 6.31. The Morgan fingerprint density at radius 3 is 2.63 bits per heavy atom. The Morgan fingerprint density at radius 2 is 1.87 bits per heavy atom. The van der Waals surface area contributed by atoms with Gasteiger partial charge in [0.2, 0.25) is 5.91 Å². The maximum Gasteiger partial charge on any atom is 0.253 e. The number of carbonyl (C=O) groups is 1. The van der Waals surface area contributed by atoms with Crippen LogP contribution in [-0.4, -0.2) is 25.5 Å². The van der Waals surface area contributed by atoms with E-state index in [4.69, 9.17) is 11.6 Å². The highest BCUT2D eigenvalue weighted by Gasteiger charge is 2.17. The zero-order valence-corrected chi connectivity index (χ0v) is 18.1. The van der Waals surface area contributed by atoms with Gasteiger partial charge in [-0.25, -0.2) is 9.50 Å².